The van der Waals surface area contributed by atoms with Crippen molar-refractivity contribution in [3.63, 3.8) is 0 Å². The van der Waals surface area contributed by atoms with E-state index in [1.165, 1.54) is 36.4 Å². The minimum Gasteiger partial charge on any atom is -0.508 e. The Morgan fingerprint density at radius 1 is 0.710 bits per heavy atom. The molecule has 4 N–H and O–H groups in total. The molecular weight excluding hydrogens is 400 g/mol. The number of phenolic OH excluding ortho intramolecular Hbond substituents is 3. The Morgan fingerprint density at radius 2 is 1.39 bits per heavy atom. The highest BCUT2D eigenvalue weighted by molar-refractivity contribution is 6.10. The van der Waals surface area contributed by atoms with Gasteiger partial charge >= 0.3 is 0 Å². The first-order valence-electron chi connectivity index (χ1n) is 9.37. The van der Waals surface area contributed by atoms with E-state index >= 15 is 0 Å². The molecule has 5 aromatic rings. The maximum atomic E-state index is 12.2. The second kappa shape index (κ2) is 6.56. The SMILES string of the molecule is Cc1ccc(-c2cc3c(O)c(-c4ccc(O)c(O)c4)oc4cc(=O)cc(o2)c43)cc1O. The summed E-state index contributed by atoms with van der Waals surface area (Å²) in [7, 11) is 0. The molecule has 5 rings (SSSR count). The third-order valence-electron chi connectivity index (χ3n) is 5.22. The van der Waals surface area contributed by atoms with Gasteiger partial charge in [-0.3, -0.25) is 4.79 Å². The van der Waals surface area contributed by atoms with Crippen molar-refractivity contribution in [1.29, 1.82) is 0 Å². The molecule has 0 aliphatic heterocycles. The van der Waals surface area contributed by atoms with Crippen molar-refractivity contribution in [2.45, 2.75) is 6.92 Å². The van der Waals surface area contributed by atoms with Gasteiger partial charge in [-0.05, 0) is 42.8 Å². The van der Waals surface area contributed by atoms with Crippen LogP contribution in [0.15, 0.2) is 68.2 Å². The highest BCUT2D eigenvalue weighted by Crippen LogP contribution is 2.43. The number of aryl methyl sites for hydroxylation is 1. The van der Waals surface area contributed by atoms with E-state index in [0.29, 0.717) is 33.2 Å². The van der Waals surface area contributed by atoms with Crippen molar-refractivity contribution in [2.24, 2.45) is 0 Å². The molecule has 0 aliphatic rings. The molecule has 3 aromatic carbocycles. The zero-order valence-electron chi connectivity index (χ0n) is 16.2. The number of rotatable bonds is 2. The zero-order chi connectivity index (χ0) is 21.9. The van der Waals surface area contributed by atoms with Crippen molar-refractivity contribution < 1.29 is 29.3 Å². The monoisotopic (exact) mass is 416 g/mol. The number of benzene rings is 3. The molecule has 2 aromatic heterocycles. The summed E-state index contributed by atoms with van der Waals surface area (Å²) in [5.41, 5.74) is 1.62. The maximum Gasteiger partial charge on any atom is 0.186 e. The van der Waals surface area contributed by atoms with Gasteiger partial charge in [0.05, 0.1) is 5.39 Å². The predicted octanol–water partition coefficient (Wildman–Crippen LogP) is 5.00. The predicted molar refractivity (Wildman–Crippen MR) is 115 cm³/mol. The molecule has 0 spiro atoms. The third-order valence-corrected chi connectivity index (χ3v) is 5.22. The van der Waals surface area contributed by atoms with Crippen LogP contribution in [0.3, 0.4) is 0 Å². The first kappa shape index (κ1) is 18.6. The van der Waals surface area contributed by atoms with Gasteiger partial charge in [-0.15, -0.1) is 0 Å². The van der Waals surface area contributed by atoms with Crippen LogP contribution in [-0.4, -0.2) is 20.4 Å². The highest BCUT2D eigenvalue weighted by atomic mass is 16.4. The molecule has 0 saturated heterocycles. The lowest BCUT2D eigenvalue weighted by atomic mass is 10.0. The summed E-state index contributed by atoms with van der Waals surface area (Å²) in [6, 6.07) is 13.2. The summed E-state index contributed by atoms with van der Waals surface area (Å²) in [5, 5.41) is 41.3. The van der Waals surface area contributed by atoms with Crippen LogP contribution in [0.5, 0.6) is 23.0 Å². The largest absolute Gasteiger partial charge is 0.508 e. The van der Waals surface area contributed by atoms with Gasteiger partial charge in [-0.1, -0.05) is 12.1 Å². The topological polar surface area (TPSA) is 124 Å². The molecule has 0 aliphatic carbocycles. The fourth-order valence-corrected chi connectivity index (χ4v) is 3.58. The van der Waals surface area contributed by atoms with E-state index in [2.05, 4.69) is 0 Å². The van der Waals surface area contributed by atoms with Crippen molar-refractivity contribution in [3.8, 4) is 45.6 Å². The molecule has 0 amide bonds. The van der Waals surface area contributed by atoms with Crippen molar-refractivity contribution in [1.82, 2.24) is 0 Å². The average Bonchev–Trinajstić information content (AvgIpc) is 2.74. The van der Waals surface area contributed by atoms with Crippen LogP contribution in [0.1, 0.15) is 5.56 Å². The van der Waals surface area contributed by atoms with Gasteiger partial charge in [0, 0.05) is 28.6 Å². The fourth-order valence-electron chi connectivity index (χ4n) is 3.58. The normalized spacial score (nSPS) is 11.4. The Bertz CT molecular complexity index is 1530. The lowest BCUT2D eigenvalue weighted by Crippen LogP contribution is -1.98. The molecule has 0 fully saturated rings. The summed E-state index contributed by atoms with van der Waals surface area (Å²) < 4.78 is 11.7. The second-order valence-electron chi connectivity index (χ2n) is 7.30. The van der Waals surface area contributed by atoms with Gasteiger partial charge in [0.2, 0.25) is 0 Å². The molecule has 31 heavy (non-hydrogen) atoms. The minimum absolute atomic E-state index is 0.0126. The van der Waals surface area contributed by atoms with E-state index in [1.54, 1.807) is 25.1 Å². The minimum atomic E-state index is -0.381. The van der Waals surface area contributed by atoms with Gasteiger partial charge in [0.25, 0.3) is 0 Å². The van der Waals surface area contributed by atoms with Crippen molar-refractivity contribution in [3.05, 3.63) is 70.4 Å². The molecule has 0 bridgehead atoms. The summed E-state index contributed by atoms with van der Waals surface area (Å²) in [6.45, 7) is 1.77. The maximum absolute atomic E-state index is 12.2. The Labute approximate surface area is 174 Å². The molecular formula is C24H16O7. The summed E-state index contributed by atoms with van der Waals surface area (Å²) >= 11 is 0. The zero-order valence-corrected chi connectivity index (χ0v) is 16.2. The van der Waals surface area contributed by atoms with Crippen LogP contribution in [-0.2, 0) is 0 Å². The standard InChI is InChI=1S/C24H16O7/c1-11-2-3-12(6-17(11)27)19-10-15-22-20(30-19)8-14(25)9-21(22)31-24(23(15)29)13-4-5-16(26)18(28)7-13/h2-10,26-29H,1H3. The molecule has 0 unspecified atom stereocenters. The lowest BCUT2D eigenvalue weighted by molar-refractivity contribution is 0.403. The first-order valence-corrected chi connectivity index (χ1v) is 9.37. The van der Waals surface area contributed by atoms with E-state index in [1.807, 2.05) is 0 Å². The third kappa shape index (κ3) is 2.95. The van der Waals surface area contributed by atoms with Crippen LogP contribution in [0.2, 0.25) is 0 Å². The number of hydrogen-bond donors (Lipinski definition) is 4. The second-order valence-corrected chi connectivity index (χ2v) is 7.30. The molecule has 0 radical (unpaired) electrons. The van der Waals surface area contributed by atoms with E-state index in [0.717, 1.165) is 0 Å². The summed E-state index contributed by atoms with van der Waals surface area (Å²) in [5.74, 6) is -0.495. The quantitative estimate of drug-likeness (QED) is 0.298. The average molecular weight is 416 g/mol. The number of aromatic hydroxyl groups is 4. The van der Waals surface area contributed by atoms with E-state index in [-0.39, 0.29) is 45.4 Å². The van der Waals surface area contributed by atoms with E-state index in [9.17, 15) is 25.2 Å². The van der Waals surface area contributed by atoms with Crippen LogP contribution >= 0.6 is 0 Å². The molecule has 0 atom stereocenters. The van der Waals surface area contributed by atoms with Gasteiger partial charge in [0.1, 0.15) is 22.7 Å². The van der Waals surface area contributed by atoms with Crippen molar-refractivity contribution in [2.75, 3.05) is 0 Å². The van der Waals surface area contributed by atoms with E-state index < -0.39 is 0 Å². The molecule has 7 nitrogen and oxygen atoms in total. The fraction of sp³-hybridized carbons (Fsp3) is 0.0417. The number of hydrogen-bond acceptors (Lipinski definition) is 7. The number of phenols is 3. The van der Waals surface area contributed by atoms with Crippen LogP contribution in [0.25, 0.3) is 44.6 Å². The van der Waals surface area contributed by atoms with Crippen LogP contribution < -0.4 is 5.43 Å². The van der Waals surface area contributed by atoms with Gasteiger partial charge in [-0.2, -0.15) is 0 Å². The van der Waals surface area contributed by atoms with E-state index in [4.69, 9.17) is 8.83 Å². The molecule has 7 heteroatoms. The Morgan fingerprint density at radius 3 is 2.10 bits per heavy atom. The van der Waals surface area contributed by atoms with Gasteiger partial charge < -0.3 is 29.3 Å². The molecule has 2 heterocycles. The van der Waals surface area contributed by atoms with Crippen LogP contribution in [0.4, 0.5) is 0 Å². The lowest BCUT2D eigenvalue weighted by Gasteiger charge is -2.13. The Hall–Kier alpha value is -4.39. The van der Waals surface area contributed by atoms with Crippen LogP contribution in [0, 0.1) is 6.92 Å². The Balaban J connectivity index is 1.86. The Kier molecular flexibility index (Phi) is 3.94. The highest BCUT2D eigenvalue weighted by Gasteiger charge is 2.20. The summed E-state index contributed by atoms with van der Waals surface area (Å²) in [6.07, 6.45) is 0. The summed E-state index contributed by atoms with van der Waals surface area (Å²) in [4.78, 5) is 12.2. The first-order chi connectivity index (χ1) is 14.8. The van der Waals surface area contributed by atoms with Gasteiger partial charge in [-0.25, -0.2) is 0 Å². The molecule has 0 saturated carbocycles. The molecule has 154 valence electrons. The smallest absolute Gasteiger partial charge is 0.186 e. The van der Waals surface area contributed by atoms with Gasteiger partial charge in [0.15, 0.2) is 28.4 Å². The van der Waals surface area contributed by atoms with Crippen molar-refractivity contribution >= 4 is 21.9 Å².